The Balaban J connectivity index is 2.50. The number of halogens is 1. The first-order valence-corrected chi connectivity index (χ1v) is 10.2. The summed E-state index contributed by atoms with van der Waals surface area (Å²) >= 11 is 2.48. The first-order valence-electron chi connectivity index (χ1n) is 5.24. The lowest BCUT2D eigenvalue weighted by Crippen LogP contribution is -2.29. The first kappa shape index (κ1) is 12.2. The Kier molecular flexibility index (Phi) is 5.16. The molecule has 0 heterocycles. The van der Waals surface area contributed by atoms with Gasteiger partial charge in [-0.25, -0.2) is 0 Å². The van der Waals surface area contributed by atoms with Gasteiger partial charge in [0.05, 0.1) is 8.07 Å². The van der Waals surface area contributed by atoms with Crippen LogP contribution in [0, 0.1) is 0 Å². The highest BCUT2D eigenvalue weighted by Gasteiger charge is 2.19. The molecule has 0 atom stereocenters. The van der Waals surface area contributed by atoms with Gasteiger partial charge in [0.15, 0.2) is 0 Å². The molecule has 0 saturated heterocycles. The fraction of sp³-hybridized carbons (Fsp3) is 0.500. The molecule has 0 unspecified atom stereocenters. The maximum atomic E-state index is 2.51. The molecular formula is C12H19ISi. The highest BCUT2D eigenvalue weighted by Crippen LogP contribution is 2.18. The second-order valence-electron chi connectivity index (χ2n) is 4.62. The van der Waals surface area contributed by atoms with Crippen LogP contribution in [0.3, 0.4) is 0 Å². The van der Waals surface area contributed by atoms with E-state index in [-0.39, 0.29) is 0 Å². The molecule has 2 heteroatoms. The van der Waals surface area contributed by atoms with Crippen molar-refractivity contribution in [3.63, 3.8) is 0 Å². The Labute approximate surface area is 102 Å². The minimum absolute atomic E-state index is 0.970. The van der Waals surface area contributed by atoms with Gasteiger partial charge in [-0.15, -0.1) is 0 Å². The molecular weight excluding hydrogens is 299 g/mol. The smallest absolute Gasteiger partial charge is 0.0518 e. The van der Waals surface area contributed by atoms with Crippen molar-refractivity contribution in [2.45, 2.75) is 31.6 Å². The molecule has 0 aliphatic heterocycles. The molecule has 0 nitrogen and oxygen atoms in total. The van der Waals surface area contributed by atoms with Gasteiger partial charge in [-0.05, 0) is 16.9 Å². The molecule has 1 aromatic carbocycles. The van der Waals surface area contributed by atoms with Crippen molar-refractivity contribution >= 4 is 30.7 Å². The standard InChI is InChI=1S/C12H19ISi/c1-14(2,10-6-9-13)11-12-7-4-3-5-8-12/h3-5,7-8H,6,9-11H2,1-2H3. The molecule has 0 N–H and O–H groups in total. The predicted molar refractivity (Wildman–Crippen MR) is 75.9 cm³/mol. The van der Waals surface area contributed by atoms with E-state index < -0.39 is 8.07 Å². The Bertz CT molecular complexity index is 256. The highest BCUT2D eigenvalue weighted by atomic mass is 127. The van der Waals surface area contributed by atoms with Crippen LogP contribution < -0.4 is 0 Å². The minimum Gasteiger partial charge on any atom is -0.0864 e. The molecule has 0 saturated carbocycles. The molecule has 0 spiro atoms. The van der Waals surface area contributed by atoms with E-state index in [4.69, 9.17) is 0 Å². The number of hydrogen-bond acceptors (Lipinski definition) is 0. The van der Waals surface area contributed by atoms with Crippen molar-refractivity contribution in [2.24, 2.45) is 0 Å². The molecule has 78 valence electrons. The third-order valence-corrected chi connectivity index (χ3v) is 6.35. The van der Waals surface area contributed by atoms with Gasteiger partial charge < -0.3 is 0 Å². The van der Waals surface area contributed by atoms with Gasteiger partial charge in [-0.2, -0.15) is 0 Å². The summed E-state index contributed by atoms with van der Waals surface area (Å²) in [4.78, 5) is 0. The molecule has 1 rings (SSSR count). The van der Waals surface area contributed by atoms with E-state index in [1.54, 1.807) is 0 Å². The van der Waals surface area contributed by atoms with Gasteiger partial charge in [-0.3, -0.25) is 0 Å². The molecule has 0 aliphatic carbocycles. The van der Waals surface area contributed by atoms with Crippen LogP contribution in [0.25, 0.3) is 0 Å². The van der Waals surface area contributed by atoms with E-state index in [1.165, 1.54) is 28.5 Å². The monoisotopic (exact) mass is 318 g/mol. The maximum Gasteiger partial charge on any atom is 0.0518 e. The largest absolute Gasteiger partial charge is 0.0864 e. The summed E-state index contributed by atoms with van der Waals surface area (Å²) in [6, 6.07) is 13.7. The zero-order chi connectivity index (χ0) is 10.4. The Morgan fingerprint density at radius 3 is 2.36 bits per heavy atom. The normalized spacial score (nSPS) is 11.6. The third kappa shape index (κ3) is 4.60. The number of alkyl halides is 1. The highest BCUT2D eigenvalue weighted by molar-refractivity contribution is 14.1. The zero-order valence-electron chi connectivity index (χ0n) is 9.09. The summed E-state index contributed by atoms with van der Waals surface area (Å²) in [5.74, 6) is 0. The van der Waals surface area contributed by atoms with E-state index in [0.29, 0.717) is 0 Å². The van der Waals surface area contributed by atoms with Crippen molar-refractivity contribution < 1.29 is 0 Å². The summed E-state index contributed by atoms with van der Waals surface area (Å²) in [7, 11) is -0.970. The van der Waals surface area contributed by atoms with E-state index in [2.05, 4.69) is 66.0 Å². The second-order valence-corrected chi connectivity index (χ2v) is 10.9. The second kappa shape index (κ2) is 5.91. The third-order valence-electron chi connectivity index (χ3n) is 2.51. The number of rotatable bonds is 5. The van der Waals surface area contributed by atoms with Crippen LogP contribution in [0.2, 0.25) is 19.1 Å². The molecule has 0 aliphatic rings. The summed E-state index contributed by atoms with van der Waals surface area (Å²) in [6.07, 6.45) is 1.40. The van der Waals surface area contributed by atoms with Gasteiger partial charge >= 0.3 is 0 Å². The van der Waals surface area contributed by atoms with Crippen LogP contribution in [-0.4, -0.2) is 12.5 Å². The van der Waals surface area contributed by atoms with Crippen LogP contribution in [0.15, 0.2) is 30.3 Å². The summed E-state index contributed by atoms with van der Waals surface area (Å²) in [5.41, 5.74) is 1.53. The SMILES string of the molecule is C[Si](C)(CCCI)Cc1ccccc1. The molecule has 0 radical (unpaired) electrons. The lowest BCUT2D eigenvalue weighted by Gasteiger charge is -2.21. The van der Waals surface area contributed by atoms with E-state index in [1.807, 2.05) is 0 Å². The minimum atomic E-state index is -0.970. The molecule has 0 amide bonds. The molecule has 0 aromatic heterocycles. The van der Waals surface area contributed by atoms with E-state index >= 15 is 0 Å². The zero-order valence-corrected chi connectivity index (χ0v) is 12.3. The molecule has 1 aromatic rings. The lowest BCUT2D eigenvalue weighted by molar-refractivity contribution is 1.06. The molecule has 0 bridgehead atoms. The molecule has 0 fully saturated rings. The first-order chi connectivity index (χ1) is 6.64. The maximum absolute atomic E-state index is 2.51. The van der Waals surface area contributed by atoms with Crippen molar-refractivity contribution in [2.75, 3.05) is 4.43 Å². The van der Waals surface area contributed by atoms with E-state index in [0.717, 1.165) is 0 Å². The lowest BCUT2D eigenvalue weighted by atomic mass is 10.2. The van der Waals surface area contributed by atoms with Crippen molar-refractivity contribution in [1.82, 2.24) is 0 Å². The van der Waals surface area contributed by atoms with Gasteiger partial charge in [0, 0.05) is 0 Å². The van der Waals surface area contributed by atoms with Crippen LogP contribution in [-0.2, 0) is 6.04 Å². The summed E-state index contributed by atoms with van der Waals surface area (Å²) < 4.78 is 1.31. The quantitative estimate of drug-likeness (QED) is 0.431. The van der Waals surface area contributed by atoms with Gasteiger partial charge in [0.1, 0.15) is 0 Å². The Morgan fingerprint density at radius 2 is 1.79 bits per heavy atom. The van der Waals surface area contributed by atoms with Crippen molar-refractivity contribution in [3.8, 4) is 0 Å². The van der Waals surface area contributed by atoms with Crippen LogP contribution >= 0.6 is 22.6 Å². The van der Waals surface area contributed by atoms with Crippen LogP contribution in [0.5, 0.6) is 0 Å². The van der Waals surface area contributed by atoms with Gasteiger partial charge in [0.25, 0.3) is 0 Å². The van der Waals surface area contributed by atoms with Crippen molar-refractivity contribution in [3.05, 3.63) is 35.9 Å². The van der Waals surface area contributed by atoms with Gasteiger partial charge in [0.2, 0.25) is 0 Å². The predicted octanol–water partition coefficient (Wildman–Crippen LogP) is 4.30. The average molecular weight is 318 g/mol. The molecule has 14 heavy (non-hydrogen) atoms. The van der Waals surface area contributed by atoms with Crippen LogP contribution in [0.1, 0.15) is 12.0 Å². The average Bonchev–Trinajstić information content (AvgIpc) is 2.16. The summed E-state index contributed by atoms with van der Waals surface area (Å²) in [6.45, 7) is 5.01. The Hall–Kier alpha value is 0.167. The number of hydrogen-bond donors (Lipinski definition) is 0. The van der Waals surface area contributed by atoms with E-state index in [9.17, 15) is 0 Å². The van der Waals surface area contributed by atoms with Crippen molar-refractivity contribution in [1.29, 1.82) is 0 Å². The topological polar surface area (TPSA) is 0 Å². The van der Waals surface area contributed by atoms with Gasteiger partial charge in [-0.1, -0.05) is 77.6 Å². The fourth-order valence-electron chi connectivity index (χ4n) is 1.78. The number of benzene rings is 1. The van der Waals surface area contributed by atoms with Crippen LogP contribution in [0.4, 0.5) is 0 Å². The summed E-state index contributed by atoms with van der Waals surface area (Å²) in [5, 5.41) is 0. The Morgan fingerprint density at radius 1 is 1.14 bits per heavy atom. The fourth-order valence-corrected chi connectivity index (χ4v) is 5.53.